The molecule has 0 amide bonds. The summed E-state index contributed by atoms with van der Waals surface area (Å²) in [6.07, 6.45) is 0.103. The third-order valence-electron chi connectivity index (χ3n) is 2.04. The number of ether oxygens (including phenoxy) is 1. The van der Waals surface area contributed by atoms with E-state index < -0.39 is 0 Å². The van der Waals surface area contributed by atoms with E-state index in [1.165, 1.54) is 0 Å². The number of epoxide rings is 1. The molecule has 1 aromatic rings. The number of aldehydes is 1. The van der Waals surface area contributed by atoms with Gasteiger partial charge in [0.1, 0.15) is 0 Å². The van der Waals surface area contributed by atoms with E-state index in [0.29, 0.717) is 0 Å². The van der Waals surface area contributed by atoms with Gasteiger partial charge in [-0.3, -0.25) is 0 Å². The summed E-state index contributed by atoms with van der Waals surface area (Å²) in [6, 6.07) is 9.59. The average Bonchev–Trinajstić information content (AvgIpc) is 3.13. The minimum Gasteiger partial charge on any atom is -0.348 e. The molecule has 17 heavy (non-hydrogen) atoms. The van der Waals surface area contributed by atoms with Crippen LogP contribution in [0.25, 0.3) is 0 Å². The molecule has 1 heterocycles. The quantitative estimate of drug-likeness (QED) is 0.401. The van der Waals surface area contributed by atoms with Gasteiger partial charge in [0.15, 0.2) is 18.5 Å². The van der Waals surface area contributed by atoms with Crippen molar-refractivity contribution >= 4 is 6.29 Å². The van der Waals surface area contributed by atoms with E-state index in [2.05, 4.69) is 35.5 Å². The van der Waals surface area contributed by atoms with E-state index >= 15 is 0 Å². The van der Waals surface area contributed by atoms with Crippen molar-refractivity contribution < 1.29 is 9.53 Å². The summed E-state index contributed by atoms with van der Waals surface area (Å²) in [7, 11) is 0. The fraction of sp³-hybridized carbons (Fsp3) is 0.133. The first kappa shape index (κ1) is 11.0. The summed E-state index contributed by atoms with van der Waals surface area (Å²) in [5.41, 5.74) is 0.918. The van der Waals surface area contributed by atoms with Crippen LogP contribution in [0.2, 0.25) is 0 Å². The van der Waals surface area contributed by atoms with Crippen LogP contribution in [0.4, 0.5) is 0 Å². The third kappa shape index (κ3) is 3.54. The zero-order chi connectivity index (χ0) is 11.9. The number of benzene rings is 1. The highest BCUT2D eigenvalue weighted by Gasteiger charge is 2.36. The zero-order valence-electron chi connectivity index (χ0n) is 8.94. The van der Waals surface area contributed by atoms with E-state index in [4.69, 9.17) is 4.74 Å². The first-order valence-corrected chi connectivity index (χ1v) is 5.07. The van der Waals surface area contributed by atoms with Gasteiger partial charge in [-0.1, -0.05) is 30.0 Å². The number of carbonyl (C=O) groups excluding carboxylic acids is 1. The smallest absolute Gasteiger partial charge is 0.153 e. The Bertz CT molecular complexity index is 582. The molecule has 1 aromatic carbocycles. The fourth-order valence-electron chi connectivity index (χ4n) is 1.14. The maximum atomic E-state index is 10.2. The summed E-state index contributed by atoms with van der Waals surface area (Å²) in [4.78, 5) is 10.2. The topological polar surface area (TPSA) is 29.6 Å². The summed E-state index contributed by atoms with van der Waals surface area (Å²) in [5, 5.41) is 0. The molecule has 2 atom stereocenters. The first-order valence-electron chi connectivity index (χ1n) is 5.07. The lowest BCUT2D eigenvalue weighted by molar-refractivity contribution is -0.108. The summed E-state index contributed by atoms with van der Waals surface area (Å²) < 4.78 is 4.90. The van der Waals surface area contributed by atoms with E-state index in [-0.39, 0.29) is 12.2 Å². The number of carbonyl (C=O) groups is 1. The molecule has 1 aliphatic rings. The normalized spacial score (nSPS) is 19.5. The highest BCUT2D eigenvalue weighted by Crippen LogP contribution is 2.17. The Morgan fingerprint density at radius 2 is 1.82 bits per heavy atom. The molecule has 2 heteroatoms. The van der Waals surface area contributed by atoms with Crippen molar-refractivity contribution in [3.05, 3.63) is 35.9 Å². The van der Waals surface area contributed by atoms with Gasteiger partial charge in [-0.25, -0.2) is 0 Å². The van der Waals surface area contributed by atoms with Crippen LogP contribution >= 0.6 is 0 Å². The van der Waals surface area contributed by atoms with Gasteiger partial charge in [-0.2, -0.15) is 0 Å². The maximum Gasteiger partial charge on any atom is 0.153 e. The van der Waals surface area contributed by atoms with Crippen molar-refractivity contribution in [3.63, 3.8) is 0 Å². The second-order valence-corrected chi connectivity index (χ2v) is 3.29. The van der Waals surface area contributed by atoms with Gasteiger partial charge in [0.05, 0.1) is 0 Å². The van der Waals surface area contributed by atoms with Crippen LogP contribution in [0.5, 0.6) is 0 Å². The van der Waals surface area contributed by atoms with Gasteiger partial charge >= 0.3 is 0 Å². The lowest BCUT2D eigenvalue weighted by Gasteiger charge is -1.83. The predicted octanol–water partition coefficient (Wildman–Crippen LogP) is 1.01. The van der Waals surface area contributed by atoms with E-state index in [9.17, 15) is 4.79 Å². The Labute approximate surface area is 100.0 Å². The van der Waals surface area contributed by atoms with Crippen molar-refractivity contribution in [2.75, 3.05) is 0 Å². The molecule has 1 aliphatic heterocycles. The molecular formula is C15H8O2. The van der Waals surface area contributed by atoms with Crippen LogP contribution in [-0.4, -0.2) is 18.5 Å². The molecule has 0 unspecified atom stereocenters. The maximum absolute atomic E-state index is 10.2. The van der Waals surface area contributed by atoms with Crippen molar-refractivity contribution in [3.8, 4) is 35.5 Å². The lowest BCUT2D eigenvalue weighted by atomic mass is 10.2. The summed E-state index contributed by atoms with van der Waals surface area (Å²) >= 11 is 0. The molecule has 0 aliphatic carbocycles. The molecule has 0 bridgehead atoms. The first-order chi connectivity index (χ1) is 8.40. The highest BCUT2D eigenvalue weighted by atomic mass is 16.6. The summed E-state index contributed by atoms with van der Waals surface area (Å²) in [6.45, 7) is 0. The van der Waals surface area contributed by atoms with Crippen LogP contribution in [0, 0.1) is 35.5 Å². The van der Waals surface area contributed by atoms with Gasteiger partial charge in [0.2, 0.25) is 0 Å². The average molecular weight is 220 g/mol. The van der Waals surface area contributed by atoms with Gasteiger partial charge in [-0.05, 0) is 35.8 Å². The summed E-state index contributed by atoms with van der Waals surface area (Å²) in [5.74, 6) is 16.1. The molecule has 0 radical (unpaired) electrons. The van der Waals surface area contributed by atoms with Crippen molar-refractivity contribution in [1.82, 2.24) is 0 Å². The van der Waals surface area contributed by atoms with E-state index in [0.717, 1.165) is 11.8 Å². The molecule has 0 N–H and O–H groups in total. The van der Waals surface area contributed by atoms with Crippen LogP contribution in [0.1, 0.15) is 5.56 Å². The fourth-order valence-corrected chi connectivity index (χ4v) is 1.14. The third-order valence-corrected chi connectivity index (χ3v) is 2.04. The zero-order valence-corrected chi connectivity index (χ0v) is 8.94. The second kappa shape index (κ2) is 5.57. The lowest BCUT2D eigenvalue weighted by Crippen LogP contribution is -1.89. The monoisotopic (exact) mass is 220 g/mol. The highest BCUT2D eigenvalue weighted by molar-refractivity contribution is 5.62. The molecule has 2 nitrogen and oxygen atoms in total. The Morgan fingerprint density at radius 1 is 1.06 bits per heavy atom. The van der Waals surface area contributed by atoms with Crippen molar-refractivity contribution in [2.24, 2.45) is 0 Å². The second-order valence-electron chi connectivity index (χ2n) is 3.29. The van der Waals surface area contributed by atoms with Crippen LogP contribution in [-0.2, 0) is 9.53 Å². The predicted molar refractivity (Wildman–Crippen MR) is 63.6 cm³/mol. The van der Waals surface area contributed by atoms with E-state index in [1.807, 2.05) is 30.3 Å². The molecular weight excluding hydrogens is 212 g/mol. The standard InChI is InChI=1S/C15H8O2/c16-12-15-14(17-15)11-7-2-1-4-8-13-9-5-3-6-10-13/h3,5-6,9-10,12,14-15H/t14-,15-/m0/s1. The van der Waals surface area contributed by atoms with Crippen molar-refractivity contribution in [1.29, 1.82) is 0 Å². The van der Waals surface area contributed by atoms with Crippen LogP contribution in [0.15, 0.2) is 30.3 Å². The van der Waals surface area contributed by atoms with E-state index in [1.54, 1.807) is 0 Å². The van der Waals surface area contributed by atoms with Crippen LogP contribution < -0.4 is 0 Å². The molecule has 80 valence electrons. The largest absolute Gasteiger partial charge is 0.348 e. The molecule has 0 saturated carbocycles. The van der Waals surface area contributed by atoms with Crippen molar-refractivity contribution in [2.45, 2.75) is 12.2 Å². The minimum absolute atomic E-state index is 0.274. The Morgan fingerprint density at radius 3 is 2.53 bits per heavy atom. The number of hydrogen-bond acceptors (Lipinski definition) is 2. The van der Waals surface area contributed by atoms with Gasteiger partial charge in [-0.15, -0.1) is 0 Å². The van der Waals surface area contributed by atoms with Gasteiger partial charge in [0.25, 0.3) is 0 Å². The van der Waals surface area contributed by atoms with Crippen LogP contribution in [0.3, 0.4) is 0 Å². The Balaban J connectivity index is 1.87. The van der Waals surface area contributed by atoms with Gasteiger partial charge in [0, 0.05) is 5.56 Å². The molecule has 1 fully saturated rings. The Hall–Kier alpha value is -2.47. The number of hydrogen-bond donors (Lipinski definition) is 0. The van der Waals surface area contributed by atoms with Gasteiger partial charge < -0.3 is 9.53 Å². The Kier molecular flexibility index (Phi) is 3.61. The minimum atomic E-state index is -0.361. The SMILES string of the molecule is O=C[C@@H]1O[C@H]1C#CC#CC#Cc1ccccc1. The number of rotatable bonds is 1. The molecule has 2 rings (SSSR count). The molecule has 0 aromatic heterocycles. The molecule has 1 saturated heterocycles. The molecule has 0 spiro atoms.